The average molecular weight is 370 g/mol. The third-order valence-corrected chi connectivity index (χ3v) is 3.94. The smallest absolute Gasteiger partial charge is 0.256 e. The van der Waals surface area contributed by atoms with E-state index in [1.54, 1.807) is 18.3 Å². The summed E-state index contributed by atoms with van der Waals surface area (Å²) in [6.45, 7) is 1.94. The molecule has 18 heavy (non-hydrogen) atoms. The van der Waals surface area contributed by atoms with Gasteiger partial charge < -0.3 is 5.32 Å². The van der Waals surface area contributed by atoms with Crippen molar-refractivity contribution >= 4 is 43.6 Å². The molecule has 0 fully saturated rings. The highest BCUT2D eigenvalue weighted by Gasteiger charge is 2.09. The highest BCUT2D eigenvalue weighted by molar-refractivity contribution is 9.10. The summed E-state index contributed by atoms with van der Waals surface area (Å²) in [6, 6.07) is 9.08. The van der Waals surface area contributed by atoms with Crippen LogP contribution in [0.4, 0.5) is 5.82 Å². The van der Waals surface area contributed by atoms with Gasteiger partial charge in [-0.1, -0.05) is 15.9 Å². The Morgan fingerprint density at radius 2 is 2.00 bits per heavy atom. The van der Waals surface area contributed by atoms with E-state index in [1.807, 2.05) is 25.1 Å². The van der Waals surface area contributed by atoms with Crippen molar-refractivity contribution < 1.29 is 4.79 Å². The first kappa shape index (κ1) is 13.2. The van der Waals surface area contributed by atoms with Crippen molar-refractivity contribution in [3.8, 4) is 0 Å². The molecule has 1 N–H and O–H groups in total. The zero-order chi connectivity index (χ0) is 13.1. The third kappa shape index (κ3) is 2.97. The van der Waals surface area contributed by atoms with E-state index in [9.17, 15) is 4.79 Å². The fraction of sp³-hybridized carbons (Fsp3) is 0.0769. The quantitative estimate of drug-likeness (QED) is 0.863. The van der Waals surface area contributed by atoms with Gasteiger partial charge in [-0.25, -0.2) is 4.98 Å². The molecule has 3 nitrogen and oxygen atoms in total. The Labute approximate surface area is 122 Å². The van der Waals surface area contributed by atoms with Gasteiger partial charge in [0.2, 0.25) is 0 Å². The number of anilines is 1. The molecule has 1 heterocycles. The van der Waals surface area contributed by atoms with Crippen LogP contribution in [-0.2, 0) is 0 Å². The molecule has 0 bridgehead atoms. The summed E-state index contributed by atoms with van der Waals surface area (Å²) < 4.78 is 1.74. The number of nitrogens with zero attached hydrogens (tertiary/aromatic N) is 1. The number of rotatable bonds is 2. The van der Waals surface area contributed by atoms with Crippen molar-refractivity contribution in [2.45, 2.75) is 6.92 Å². The molecule has 1 amide bonds. The molecule has 0 radical (unpaired) electrons. The molecule has 0 saturated carbocycles. The first-order chi connectivity index (χ1) is 8.58. The van der Waals surface area contributed by atoms with Gasteiger partial charge in [-0.15, -0.1) is 0 Å². The zero-order valence-corrected chi connectivity index (χ0v) is 12.7. The standard InChI is InChI=1S/C13H10Br2N2O/c1-8-7-9(4-5-10(8)14)13(18)17-12-11(15)3-2-6-16-12/h2-7H,1H3,(H,16,17,18). The number of carbonyl (C=O) groups excluding carboxylic acids is 1. The highest BCUT2D eigenvalue weighted by atomic mass is 79.9. The second-order valence-corrected chi connectivity index (χ2v) is 5.46. The van der Waals surface area contributed by atoms with Gasteiger partial charge in [0.1, 0.15) is 5.82 Å². The first-order valence-electron chi connectivity index (χ1n) is 5.26. The second-order valence-electron chi connectivity index (χ2n) is 3.75. The predicted molar refractivity (Wildman–Crippen MR) is 78.8 cm³/mol. The van der Waals surface area contributed by atoms with Gasteiger partial charge in [-0.2, -0.15) is 0 Å². The number of nitrogens with one attached hydrogen (secondary N) is 1. The Bertz CT molecular complexity index is 599. The Balaban J connectivity index is 2.22. The Hall–Kier alpha value is -1.20. The summed E-state index contributed by atoms with van der Waals surface area (Å²) >= 11 is 6.74. The van der Waals surface area contributed by atoms with Gasteiger partial charge in [-0.3, -0.25) is 4.79 Å². The number of amides is 1. The molecule has 0 saturated heterocycles. The number of aromatic nitrogens is 1. The van der Waals surface area contributed by atoms with Gasteiger partial charge in [-0.05, 0) is 58.7 Å². The fourth-order valence-electron chi connectivity index (χ4n) is 1.44. The van der Waals surface area contributed by atoms with E-state index in [4.69, 9.17) is 0 Å². The van der Waals surface area contributed by atoms with Crippen molar-refractivity contribution in [2.24, 2.45) is 0 Å². The minimum atomic E-state index is -0.176. The van der Waals surface area contributed by atoms with Crippen LogP contribution < -0.4 is 5.32 Å². The fourth-order valence-corrected chi connectivity index (χ4v) is 2.04. The summed E-state index contributed by atoms with van der Waals surface area (Å²) in [5, 5.41) is 2.76. The number of halogens is 2. The predicted octanol–water partition coefficient (Wildman–Crippen LogP) is 4.17. The summed E-state index contributed by atoms with van der Waals surface area (Å²) in [7, 11) is 0. The second kappa shape index (κ2) is 5.63. The van der Waals surface area contributed by atoms with E-state index in [0.29, 0.717) is 11.4 Å². The number of hydrogen-bond donors (Lipinski definition) is 1. The zero-order valence-electron chi connectivity index (χ0n) is 9.58. The third-order valence-electron chi connectivity index (χ3n) is 2.41. The van der Waals surface area contributed by atoms with E-state index >= 15 is 0 Å². The molecule has 0 aliphatic rings. The molecule has 1 aromatic carbocycles. The molecule has 2 aromatic rings. The van der Waals surface area contributed by atoms with Gasteiger partial charge in [0.25, 0.3) is 5.91 Å². The van der Waals surface area contributed by atoms with E-state index < -0.39 is 0 Å². The van der Waals surface area contributed by atoms with E-state index in [1.165, 1.54) is 0 Å². The molecule has 0 unspecified atom stereocenters. The maximum Gasteiger partial charge on any atom is 0.256 e. The van der Waals surface area contributed by atoms with Gasteiger partial charge in [0.15, 0.2) is 0 Å². The maximum atomic E-state index is 12.0. The SMILES string of the molecule is Cc1cc(C(=O)Nc2ncccc2Br)ccc1Br. The summed E-state index contributed by atoms with van der Waals surface area (Å²) in [5.41, 5.74) is 1.62. The Morgan fingerprint density at radius 3 is 2.67 bits per heavy atom. The number of aryl methyl sites for hydroxylation is 1. The van der Waals surface area contributed by atoms with Crippen LogP contribution in [0, 0.1) is 6.92 Å². The van der Waals surface area contributed by atoms with Crippen molar-refractivity contribution in [1.82, 2.24) is 4.98 Å². The van der Waals surface area contributed by atoms with Crippen LogP contribution in [0.15, 0.2) is 45.5 Å². The molecule has 0 atom stereocenters. The monoisotopic (exact) mass is 368 g/mol. The molecule has 0 aliphatic heterocycles. The molecule has 92 valence electrons. The molecule has 0 spiro atoms. The average Bonchev–Trinajstić information content (AvgIpc) is 2.35. The molecule has 0 aliphatic carbocycles. The molecular weight excluding hydrogens is 360 g/mol. The molecular formula is C13H10Br2N2O. The lowest BCUT2D eigenvalue weighted by Gasteiger charge is -2.07. The van der Waals surface area contributed by atoms with Crippen LogP contribution in [0.2, 0.25) is 0 Å². The highest BCUT2D eigenvalue weighted by Crippen LogP contribution is 2.21. The van der Waals surface area contributed by atoms with E-state index in [2.05, 4.69) is 42.2 Å². The van der Waals surface area contributed by atoms with Gasteiger partial charge in [0, 0.05) is 16.2 Å². The van der Waals surface area contributed by atoms with Crippen LogP contribution in [0.25, 0.3) is 0 Å². The number of pyridine rings is 1. The van der Waals surface area contributed by atoms with Crippen LogP contribution in [0.3, 0.4) is 0 Å². The van der Waals surface area contributed by atoms with Crippen molar-refractivity contribution in [1.29, 1.82) is 0 Å². The summed E-state index contributed by atoms with van der Waals surface area (Å²) in [5.74, 6) is 0.341. The molecule has 1 aromatic heterocycles. The largest absolute Gasteiger partial charge is 0.306 e. The van der Waals surface area contributed by atoms with Gasteiger partial charge >= 0.3 is 0 Å². The normalized spacial score (nSPS) is 10.2. The number of hydrogen-bond acceptors (Lipinski definition) is 2. The summed E-state index contributed by atoms with van der Waals surface area (Å²) in [6.07, 6.45) is 1.63. The van der Waals surface area contributed by atoms with Crippen LogP contribution in [0.5, 0.6) is 0 Å². The van der Waals surface area contributed by atoms with Crippen LogP contribution in [0.1, 0.15) is 15.9 Å². The number of benzene rings is 1. The van der Waals surface area contributed by atoms with Crippen LogP contribution >= 0.6 is 31.9 Å². The van der Waals surface area contributed by atoms with Crippen LogP contribution in [-0.4, -0.2) is 10.9 Å². The maximum absolute atomic E-state index is 12.0. The lowest BCUT2D eigenvalue weighted by Crippen LogP contribution is -2.13. The van der Waals surface area contributed by atoms with Gasteiger partial charge in [0.05, 0.1) is 4.47 Å². The first-order valence-corrected chi connectivity index (χ1v) is 6.84. The van der Waals surface area contributed by atoms with E-state index in [-0.39, 0.29) is 5.91 Å². The molecule has 5 heteroatoms. The lowest BCUT2D eigenvalue weighted by atomic mass is 10.1. The Morgan fingerprint density at radius 1 is 1.22 bits per heavy atom. The molecule has 2 rings (SSSR count). The van der Waals surface area contributed by atoms with Crippen molar-refractivity contribution in [3.63, 3.8) is 0 Å². The van der Waals surface area contributed by atoms with E-state index in [0.717, 1.165) is 14.5 Å². The minimum Gasteiger partial charge on any atom is -0.306 e. The minimum absolute atomic E-state index is 0.176. The topological polar surface area (TPSA) is 42.0 Å². The Kier molecular flexibility index (Phi) is 4.14. The van der Waals surface area contributed by atoms with Crippen molar-refractivity contribution in [3.05, 3.63) is 56.6 Å². The van der Waals surface area contributed by atoms with Crippen molar-refractivity contribution in [2.75, 3.05) is 5.32 Å². The lowest BCUT2D eigenvalue weighted by molar-refractivity contribution is 0.102. The summed E-state index contributed by atoms with van der Waals surface area (Å²) in [4.78, 5) is 16.1. The number of carbonyl (C=O) groups is 1.